The molecule has 0 spiro atoms. The van der Waals surface area contributed by atoms with Gasteiger partial charge in [-0.25, -0.2) is 17.5 Å². The van der Waals surface area contributed by atoms with Crippen molar-refractivity contribution in [3.05, 3.63) is 59.4 Å². The van der Waals surface area contributed by atoms with Gasteiger partial charge >= 0.3 is 0 Å². The molecule has 0 unspecified atom stereocenters. The molecule has 1 N–H and O–H groups in total. The number of aryl methyl sites for hydroxylation is 1. The lowest BCUT2D eigenvalue weighted by atomic mass is 10.1. The smallest absolute Gasteiger partial charge is 0.231 e. The molecule has 0 amide bonds. The zero-order valence-electron chi connectivity index (χ0n) is 13.0. The molecule has 3 rings (SSSR count). The van der Waals surface area contributed by atoms with Crippen LogP contribution < -0.4 is 14.2 Å². The molecule has 1 aliphatic heterocycles. The number of fused-ring (bicyclic) bond motifs is 1. The van der Waals surface area contributed by atoms with Gasteiger partial charge in [0.05, 0.1) is 5.75 Å². The van der Waals surface area contributed by atoms with E-state index in [9.17, 15) is 12.8 Å². The summed E-state index contributed by atoms with van der Waals surface area (Å²) >= 11 is 0. The Morgan fingerprint density at radius 3 is 2.67 bits per heavy atom. The Balaban J connectivity index is 1.49. The van der Waals surface area contributed by atoms with Crippen molar-refractivity contribution in [2.45, 2.75) is 12.8 Å². The van der Waals surface area contributed by atoms with Gasteiger partial charge < -0.3 is 9.47 Å². The van der Waals surface area contributed by atoms with Gasteiger partial charge in [0.1, 0.15) is 5.82 Å². The lowest BCUT2D eigenvalue weighted by Crippen LogP contribution is -2.29. The number of halogens is 1. The molecule has 24 heavy (non-hydrogen) atoms. The fourth-order valence-corrected chi connectivity index (χ4v) is 3.51. The van der Waals surface area contributed by atoms with Gasteiger partial charge in [-0.15, -0.1) is 0 Å². The topological polar surface area (TPSA) is 64.6 Å². The van der Waals surface area contributed by atoms with Crippen molar-refractivity contribution >= 4 is 10.0 Å². The van der Waals surface area contributed by atoms with E-state index in [0.717, 1.165) is 5.56 Å². The van der Waals surface area contributed by atoms with Crippen LogP contribution in [0, 0.1) is 5.82 Å². The SMILES string of the molecule is O=S(=O)(CCc1ccccc1F)NCCc1ccc2c(c1)OCO2. The van der Waals surface area contributed by atoms with Crippen molar-refractivity contribution in [3.8, 4) is 11.5 Å². The molecule has 0 saturated carbocycles. The van der Waals surface area contributed by atoms with Crippen molar-refractivity contribution in [1.29, 1.82) is 0 Å². The summed E-state index contributed by atoms with van der Waals surface area (Å²) in [6, 6.07) is 11.7. The molecule has 2 aromatic carbocycles. The monoisotopic (exact) mass is 351 g/mol. The normalized spacial score (nSPS) is 13.2. The third kappa shape index (κ3) is 4.24. The van der Waals surface area contributed by atoms with Crippen LogP contribution in [-0.4, -0.2) is 27.5 Å². The number of hydrogen-bond donors (Lipinski definition) is 1. The second-order valence-electron chi connectivity index (χ2n) is 5.49. The highest BCUT2D eigenvalue weighted by molar-refractivity contribution is 7.89. The molecule has 0 bridgehead atoms. The Morgan fingerprint density at radius 2 is 1.83 bits per heavy atom. The van der Waals surface area contributed by atoms with Crippen molar-refractivity contribution in [2.24, 2.45) is 0 Å². The van der Waals surface area contributed by atoms with Gasteiger partial charge in [-0.3, -0.25) is 0 Å². The van der Waals surface area contributed by atoms with Crippen LogP contribution in [0.1, 0.15) is 11.1 Å². The van der Waals surface area contributed by atoms with Crippen LogP contribution in [0.4, 0.5) is 4.39 Å². The minimum Gasteiger partial charge on any atom is -0.454 e. The molecule has 128 valence electrons. The van der Waals surface area contributed by atoms with Crippen LogP contribution in [0.25, 0.3) is 0 Å². The minimum absolute atomic E-state index is 0.144. The highest BCUT2D eigenvalue weighted by Gasteiger charge is 2.14. The van der Waals surface area contributed by atoms with Crippen LogP contribution >= 0.6 is 0 Å². The first-order chi connectivity index (χ1) is 11.5. The Bertz CT molecular complexity index is 823. The van der Waals surface area contributed by atoms with E-state index in [1.807, 2.05) is 18.2 Å². The fraction of sp³-hybridized carbons (Fsp3) is 0.294. The van der Waals surface area contributed by atoms with Gasteiger partial charge in [-0.2, -0.15) is 0 Å². The number of sulfonamides is 1. The van der Waals surface area contributed by atoms with Gasteiger partial charge in [-0.1, -0.05) is 24.3 Å². The molecule has 0 fully saturated rings. The summed E-state index contributed by atoms with van der Waals surface area (Å²) < 4.78 is 50.6. The third-order valence-corrected chi connectivity index (χ3v) is 5.16. The molecular formula is C17H18FNO4S. The lowest BCUT2D eigenvalue weighted by Gasteiger charge is -2.08. The molecule has 5 nitrogen and oxygen atoms in total. The van der Waals surface area contributed by atoms with Crippen molar-refractivity contribution in [2.75, 3.05) is 19.1 Å². The largest absolute Gasteiger partial charge is 0.454 e. The Kier molecular flexibility index (Phi) is 5.01. The quantitative estimate of drug-likeness (QED) is 0.831. The summed E-state index contributed by atoms with van der Waals surface area (Å²) in [6.45, 7) is 0.487. The summed E-state index contributed by atoms with van der Waals surface area (Å²) in [6.07, 6.45) is 0.682. The molecule has 0 atom stereocenters. The van der Waals surface area contributed by atoms with E-state index in [0.29, 0.717) is 23.5 Å². The molecule has 1 heterocycles. The predicted octanol–water partition coefficient (Wildman–Crippen LogP) is 2.26. The van der Waals surface area contributed by atoms with Crippen LogP contribution in [0.3, 0.4) is 0 Å². The van der Waals surface area contributed by atoms with E-state index in [4.69, 9.17) is 9.47 Å². The first-order valence-electron chi connectivity index (χ1n) is 7.63. The summed E-state index contributed by atoms with van der Waals surface area (Å²) in [5.41, 5.74) is 1.36. The third-order valence-electron chi connectivity index (χ3n) is 3.77. The van der Waals surface area contributed by atoms with Crippen molar-refractivity contribution < 1.29 is 22.3 Å². The Morgan fingerprint density at radius 1 is 1.04 bits per heavy atom. The molecule has 7 heteroatoms. The number of hydrogen-bond acceptors (Lipinski definition) is 4. The zero-order valence-corrected chi connectivity index (χ0v) is 13.8. The summed E-state index contributed by atoms with van der Waals surface area (Å²) in [7, 11) is -3.45. The van der Waals surface area contributed by atoms with Crippen molar-refractivity contribution in [1.82, 2.24) is 4.72 Å². The van der Waals surface area contributed by atoms with Gasteiger partial charge in [0.2, 0.25) is 16.8 Å². The fourth-order valence-electron chi connectivity index (χ4n) is 2.46. The van der Waals surface area contributed by atoms with E-state index < -0.39 is 10.0 Å². The molecule has 0 saturated heterocycles. The summed E-state index contributed by atoms with van der Waals surface area (Å²) in [5, 5.41) is 0. The van der Waals surface area contributed by atoms with E-state index in [2.05, 4.69) is 4.72 Å². The van der Waals surface area contributed by atoms with E-state index in [-0.39, 0.29) is 31.3 Å². The van der Waals surface area contributed by atoms with Gasteiger partial charge in [-0.05, 0) is 42.2 Å². The second-order valence-corrected chi connectivity index (χ2v) is 7.42. The summed E-state index contributed by atoms with van der Waals surface area (Å²) in [5.74, 6) is 0.849. The minimum atomic E-state index is -3.45. The highest BCUT2D eigenvalue weighted by Crippen LogP contribution is 2.32. The van der Waals surface area contributed by atoms with E-state index in [1.165, 1.54) is 6.07 Å². The maximum atomic E-state index is 13.5. The lowest BCUT2D eigenvalue weighted by molar-refractivity contribution is 0.174. The number of benzene rings is 2. The maximum absolute atomic E-state index is 13.5. The van der Waals surface area contributed by atoms with E-state index >= 15 is 0 Å². The number of nitrogens with one attached hydrogen (secondary N) is 1. The molecule has 0 radical (unpaired) electrons. The molecular weight excluding hydrogens is 333 g/mol. The molecule has 0 aromatic heterocycles. The molecule has 1 aliphatic rings. The number of rotatable bonds is 7. The highest BCUT2D eigenvalue weighted by atomic mass is 32.2. The Labute approximate surface area is 140 Å². The second kappa shape index (κ2) is 7.19. The Hall–Kier alpha value is -2.12. The first kappa shape index (κ1) is 16.7. The first-order valence-corrected chi connectivity index (χ1v) is 9.28. The average Bonchev–Trinajstić information content (AvgIpc) is 3.02. The molecule has 0 aliphatic carbocycles. The predicted molar refractivity (Wildman–Crippen MR) is 88.2 cm³/mol. The van der Waals surface area contributed by atoms with Crippen LogP contribution in [0.15, 0.2) is 42.5 Å². The average molecular weight is 351 g/mol. The molecule has 2 aromatic rings. The van der Waals surface area contributed by atoms with Crippen LogP contribution in [0.5, 0.6) is 11.5 Å². The number of ether oxygens (including phenoxy) is 2. The zero-order chi connectivity index (χ0) is 17.0. The van der Waals surface area contributed by atoms with Crippen molar-refractivity contribution in [3.63, 3.8) is 0 Å². The standard InChI is InChI=1S/C17H18FNO4S/c18-15-4-2-1-3-14(15)8-10-24(20,21)19-9-7-13-5-6-16-17(11-13)23-12-22-16/h1-6,11,19H,7-10,12H2. The van der Waals surface area contributed by atoms with Crippen LogP contribution in [0.2, 0.25) is 0 Å². The van der Waals surface area contributed by atoms with Gasteiger partial charge in [0.15, 0.2) is 11.5 Å². The maximum Gasteiger partial charge on any atom is 0.231 e. The summed E-state index contributed by atoms with van der Waals surface area (Å²) in [4.78, 5) is 0. The van der Waals surface area contributed by atoms with Gasteiger partial charge in [0, 0.05) is 6.54 Å². The van der Waals surface area contributed by atoms with Crippen LogP contribution in [-0.2, 0) is 22.9 Å². The van der Waals surface area contributed by atoms with Gasteiger partial charge in [0.25, 0.3) is 0 Å². The van der Waals surface area contributed by atoms with E-state index in [1.54, 1.807) is 18.2 Å².